The number of nitrogens with one attached hydrogen (secondary N) is 1. The van der Waals surface area contributed by atoms with E-state index in [1.165, 1.54) is 17.8 Å². The quantitative estimate of drug-likeness (QED) is 0.102. The van der Waals surface area contributed by atoms with E-state index in [0.717, 1.165) is 15.9 Å². The number of hydrogen-bond donors (Lipinski definition) is 1. The van der Waals surface area contributed by atoms with Crippen LogP contribution in [-0.4, -0.2) is 17.9 Å². The molecule has 0 saturated carbocycles. The Bertz CT molecular complexity index is 1630. The largest absolute Gasteiger partial charge is 0.313 e. The van der Waals surface area contributed by atoms with Crippen LogP contribution in [0, 0.1) is 0 Å². The first-order valence-corrected chi connectivity index (χ1v) is 16.9. The van der Waals surface area contributed by atoms with Gasteiger partial charge in [0.1, 0.15) is 20.9 Å². The number of carbonyl (C=O) groups excluding carboxylic acids is 2. The van der Waals surface area contributed by atoms with Gasteiger partial charge in [0.2, 0.25) is 5.78 Å². The molecule has 0 spiro atoms. The summed E-state index contributed by atoms with van der Waals surface area (Å²) in [6.07, 6.45) is 1.87. The van der Waals surface area contributed by atoms with E-state index in [9.17, 15) is 9.59 Å². The Hall–Kier alpha value is -3.66. The summed E-state index contributed by atoms with van der Waals surface area (Å²) in [6.45, 7) is 0. The number of ketones is 1. The molecule has 0 atom stereocenters. The van der Waals surface area contributed by atoms with Crippen LogP contribution < -0.4 is 21.2 Å². The lowest BCUT2D eigenvalue weighted by atomic mass is 10.1. The van der Waals surface area contributed by atoms with Crippen LogP contribution in [0.15, 0.2) is 150 Å². The summed E-state index contributed by atoms with van der Waals surface area (Å²) in [5.74, 6) is -0.584. The number of carbonyl (C=O) groups is 2. The molecule has 208 valence electrons. The first-order valence-electron chi connectivity index (χ1n) is 13.2. The van der Waals surface area contributed by atoms with Gasteiger partial charge in [0.25, 0.3) is 5.91 Å². The molecule has 5 aromatic carbocycles. The smallest absolute Gasteiger partial charge is 0.257 e. The molecular formula is C35H27Cl2NO2PS+. The maximum absolute atomic E-state index is 14.9. The molecule has 0 saturated heterocycles. The third kappa shape index (κ3) is 5.95. The lowest BCUT2D eigenvalue weighted by molar-refractivity contribution is 0.0969. The third-order valence-electron chi connectivity index (χ3n) is 6.84. The molecule has 5 aromatic rings. The average molecular weight is 628 g/mol. The second kappa shape index (κ2) is 13.5. The zero-order valence-corrected chi connectivity index (χ0v) is 25.9. The summed E-state index contributed by atoms with van der Waals surface area (Å²) in [6, 6.07) is 44.2. The summed E-state index contributed by atoms with van der Waals surface area (Å²) in [5.41, 5.74) is 0.798. The van der Waals surface area contributed by atoms with Crippen LogP contribution in [0.5, 0.6) is 0 Å². The average Bonchev–Trinajstić information content (AvgIpc) is 3.04. The summed E-state index contributed by atoms with van der Waals surface area (Å²) in [5, 5.41) is 7.72. The third-order valence-corrected chi connectivity index (χ3v) is 12.6. The Morgan fingerprint density at radius 1 is 0.643 bits per heavy atom. The van der Waals surface area contributed by atoms with Gasteiger partial charge in [0, 0.05) is 10.6 Å². The van der Waals surface area contributed by atoms with Crippen molar-refractivity contribution >= 4 is 69.8 Å². The maximum Gasteiger partial charge on any atom is 0.257 e. The van der Waals surface area contributed by atoms with Gasteiger partial charge in [-0.3, -0.25) is 9.59 Å². The zero-order chi connectivity index (χ0) is 29.5. The van der Waals surface area contributed by atoms with E-state index in [1.807, 2.05) is 91.2 Å². The summed E-state index contributed by atoms with van der Waals surface area (Å²) >= 11 is 13.9. The Morgan fingerprint density at radius 3 is 1.52 bits per heavy atom. The van der Waals surface area contributed by atoms with Crippen molar-refractivity contribution in [2.45, 2.75) is 0 Å². The number of hydrogen-bond acceptors (Lipinski definition) is 3. The fourth-order valence-corrected chi connectivity index (χ4v) is 11.0. The van der Waals surface area contributed by atoms with Crippen molar-refractivity contribution < 1.29 is 9.59 Å². The van der Waals surface area contributed by atoms with Gasteiger partial charge in [-0.1, -0.05) is 108 Å². The lowest BCUT2D eigenvalue weighted by Gasteiger charge is -2.30. The van der Waals surface area contributed by atoms with Crippen molar-refractivity contribution in [2.24, 2.45) is 0 Å². The van der Waals surface area contributed by atoms with Crippen LogP contribution in [0.2, 0.25) is 10.0 Å². The minimum Gasteiger partial charge on any atom is -0.313 e. The van der Waals surface area contributed by atoms with Crippen molar-refractivity contribution in [1.82, 2.24) is 5.32 Å². The van der Waals surface area contributed by atoms with E-state index in [4.69, 9.17) is 23.2 Å². The monoisotopic (exact) mass is 626 g/mol. The van der Waals surface area contributed by atoms with Gasteiger partial charge in [0.15, 0.2) is 12.6 Å². The minimum atomic E-state index is -2.88. The van der Waals surface area contributed by atoms with Crippen LogP contribution in [-0.2, 0) is 0 Å². The maximum atomic E-state index is 14.9. The van der Waals surface area contributed by atoms with Crippen LogP contribution in [0.4, 0.5) is 0 Å². The van der Waals surface area contributed by atoms with Gasteiger partial charge < -0.3 is 5.32 Å². The highest BCUT2D eigenvalue weighted by molar-refractivity contribution is 8.05. The normalized spacial score (nSPS) is 11.9. The molecule has 0 heterocycles. The molecule has 0 unspecified atom stereocenters. The summed E-state index contributed by atoms with van der Waals surface area (Å²) < 4.78 is 0. The highest BCUT2D eigenvalue weighted by atomic mass is 35.5. The van der Waals surface area contributed by atoms with Crippen LogP contribution in [0.25, 0.3) is 0 Å². The van der Waals surface area contributed by atoms with Gasteiger partial charge in [-0.05, 0) is 60.9 Å². The number of allylic oxidation sites excluding steroid dienone is 1. The Morgan fingerprint density at radius 2 is 1.10 bits per heavy atom. The highest BCUT2D eigenvalue weighted by Crippen LogP contribution is 2.64. The predicted octanol–water partition coefficient (Wildman–Crippen LogP) is 8.13. The van der Waals surface area contributed by atoms with Crippen molar-refractivity contribution in [2.75, 3.05) is 6.26 Å². The van der Waals surface area contributed by atoms with E-state index >= 15 is 0 Å². The summed E-state index contributed by atoms with van der Waals surface area (Å²) in [4.78, 5) is 28.7. The molecular weight excluding hydrogens is 600 g/mol. The number of thioether (sulfide) groups is 1. The topological polar surface area (TPSA) is 46.2 Å². The molecule has 0 fully saturated rings. The number of amides is 1. The molecule has 1 amide bonds. The fraction of sp³-hybridized carbons (Fsp3) is 0.0286. The van der Waals surface area contributed by atoms with E-state index < -0.39 is 13.2 Å². The first-order chi connectivity index (χ1) is 20.5. The van der Waals surface area contributed by atoms with Crippen molar-refractivity contribution in [3.05, 3.63) is 171 Å². The van der Waals surface area contributed by atoms with E-state index in [2.05, 4.69) is 41.7 Å². The van der Waals surface area contributed by atoms with Gasteiger partial charge in [-0.25, -0.2) is 0 Å². The summed E-state index contributed by atoms with van der Waals surface area (Å²) in [7, 11) is -2.88. The van der Waals surface area contributed by atoms with Crippen molar-refractivity contribution in [3.63, 3.8) is 0 Å². The van der Waals surface area contributed by atoms with E-state index in [0.29, 0.717) is 20.9 Å². The Labute approximate surface area is 260 Å². The second-order valence-electron chi connectivity index (χ2n) is 9.33. The number of halogens is 2. The molecule has 1 N–H and O–H groups in total. The highest BCUT2D eigenvalue weighted by Gasteiger charge is 2.54. The van der Waals surface area contributed by atoms with Crippen molar-refractivity contribution in [3.8, 4) is 0 Å². The number of rotatable bonds is 9. The van der Waals surface area contributed by atoms with Crippen molar-refractivity contribution in [1.29, 1.82) is 0 Å². The SMILES string of the molecule is CS/C(NC(=O)c1ccc(Cl)cc1Cl)=C(/C(=O)c1ccccc1)[P+](c1ccccc1)(c1ccccc1)c1ccccc1. The lowest BCUT2D eigenvalue weighted by Crippen LogP contribution is -2.37. The van der Waals surface area contributed by atoms with Crippen LogP contribution in [0.1, 0.15) is 20.7 Å². The molecule has 0 radical (unpaired) electrons. The molecule has 0 aliphatic heterocycles. The molecule has 3 nitrogen and oxygen atoms in total. The first kappa shape index (κ1) is 29.8. The molecule has 0 aliphatic carbocycles. The zero-order valence-electron chi connectivity index (χ0n) is 22.7. The van der Waals surface area contributed by atoms with E-state index in [-0.39, 0.29) is 16.4 Å². The molecule has 7 heteroatoms. The Balaban J connectivity index is 1.89. The fourth-order valence-electron chi connectivity index (χ4n) is 4.97. The second-order valence-corrected chi connectivity index (χ2v) is 14.3. The van der Waals surface area contributed by atoms with Crippen LogP contribution >= 0.6 is 42.2 Å². The number of Topliss-reactive ketones (excluding diaryl/α,β-unsaturated/α-hetero) is 1. The molecule has 0 bridgehead atoms. The van der Waals surface area contributed by atoms with E-state index in [1.54, 1.807) is 12.1 Å². The van der Waals surface area contributed by atoms with Gasteiger partial charge in [-0.15, -0.1) is 11.8 Å². The molecule has 42 heavy (non-hydrogen) atoms. The standard InChI is InChI=1S/C35H26Cl2NO2PS/c1-42-35(38-34(40)30-23-22-26(36)24-31(30)37)33(32(39)25-14-6-2-7-15-25)41(27-16-8-3-9-17-27,28-18-10-4-11-19-28)29-20-12-5-13-21-29/h2-24H,1H3/p+1. The van der Waals surface area contributed by atoms with Gasteiger partial charge in [-0.2, -0.15) is 0 Å². The van der Waals surface area contributed by atoms with Crippen LogP contribution in [0.3, 0.4) is 0 Å². The molecule has 0 aliphatic rings. The van der Waals surface area contributed by atoms with Gasteiger partial charge >= 0.3 is 0 Å². The Kier molecular flexibility index (Phi) is 9.62. The van der Waals surface area contributed by atoms with Gasteiger partial charge in [0.05, 0.1) is 10.6 Å². The molecule has 0 aromatic heterocycles. The predicted molar refractivity (Wildman–Crippen MR) is 180 cm³/mol. The molecule has 5 rings (SSSR count). The number of benzene rings is 5. The minimum absolute atomic E-state index is 0.160.